The van der Waals surface area contributed by atoms with Crippen LogP contribution in [0.25, 0.3) is 0 Å². The molecule has 2 fully saturated rings. The molecule has 106 valence electrons. The van der Waals surface area contributed by atoms with Gasteiger partial charge in [0.05, 0.1) is 6.54 Å². The zero-order chi connectivity index (χ0) is 14.2. The Labute approximate surface area is 119 Å². The van der Waals surface area contributed by atoms with E-state index in [9.17, 15) is 9.59 Å². The van der Waals surface area contributed by atoms with Crippen LogP contribution in [-0.4, -0.2) is 28.8 Å². The molecule has 0 radical (unpaired) electrons. The molecule has 0 unspecified atom stereocenters. The minimum atomic E-state index is -0.613. The van der Waals surface area contributed by atoms with Gasteiger partial charge in [0.25, 0.3) is 0 Å². The van der Waals surface area contributed by atoms with E-state index in [1.54, 1.807) is 4.90 Å². The van der Waals surface area contributed by atoms with Crippen molar-refractivity contribution in [2.75, 3.05) is 6.54 Å². The second kappa shape index (κ2) is 4.93. The van der Waals surface area contributed by atoms with Gasteiger partial charge in [-0.15, -0.1) is 0 Å². The number of hydrogen-bond donors (Lipinski definition) is 1. The topological polar surface area (TPSA) is 49.4 Å². The van der Waals surface area contributed by atoms with E-state index in [-0.39, 0.29) is 18.4 Å². The molecule has 20 heavy (non-hydrogen) atoms. The summed E-state index contributed by atoms with van der Waals surface area (Å²) in [5.74, 6) is 0.0675. The number of rotatable bonds is 2. The van der Waals surface area contributed by atoms with Crippen LogP contribution in [0, 0.1) is 6.92 Å². The molecule has 1 aliphatic carbocycles. The van der Waals surface area contributed by atoms with Gasteiger partial charge in [0, 0.05) is 6.54 Å². The highest BCUT2D eigenvalue weighted by molar-refractivity contribution is 5.98. The van der Waals surface area contributed by atoms with Gasteiger partial charge >= 0.3 is 0 Å². The number of carbonyl (C=O) groups excluding carboxylic acids is 2. The highest BCUT2D eigenvalue weighted by atomic mass is 16.2. The molecule has 4 heteroatoms. The fourth-order valence-electron chi connectivity index (χ4n) is 3.35. The van der Waals surface area contributed by atoms with Crippen LogP contribution in [0.4, 0.5) is 0 Å². The number of piperazine rings is 1. The third kappa shape index (κ3) is 2.19. The van der Waals surface area contributed by atoms with E-state index in [0.717, 1.165) is 36.8 Å². The maximum atomic E-state index is 12.7. The quantitative estimate of drug-likeness (QED) is 0.892. The van der Waals surface area contributed by atoms with Gasteiger partial charge in [-0.1, -0.05) is 37.1 Å². The average Bonchev–Trinajstić information content (AvgIpc) is 2.87. The number of nitrogens with one attached hydrogen (secondary N) is 1. The predicted molar refractivity (Wildman–Crippen MR) is 75.9 cm³/mol. The highest BCUT2D eigenvalue weighted by Crippen LogP contribution is 2.33. The number of hydrogen-bond acceptors (Lipinski definition) is 2. The summed E-state index contributed by atoms with van der Waals surface area (Å²) in [6, 6.07) is 8.02. The Morgan fingerprint density at radius 1 is 1.20 bits per heavy atom. The Kier molecular flexibility index (Phi) is 3.24. The lowest BCUT2D eigenvalue weighted by molar-refractivity contribution is -0.150. The van der Waals surface area contributed by atoms with Crippen molar-refractivity contribution in [1.29, 1.82) is 0 Å². The van der Waals surface area contributed by atoms with E-state index >= 15 is 0 Å². The van der Waals surface area contributed by atoms with Gasteiger partial charge in [0.1, 0.15) is 5.54 Å². The minimum Gasteiger partial charge on any atom is -0.340 e. The van der Waals surface area contributed by atoms with Crippen molar-refractivity contribution in [3.63, 3.8) is 0 Å². The molecule has 1 aliphatic heterocycles. The summed E-state index contributed by atoms with van der Waals surface area (Å²) < 4.78 is 0. The number of benzene rings is 1. The molecular formula is C16H20N2O2. The number of carbonyl (C=O) groups is 2. The summed E-state index contributed by atoms with van der Waals surface area (Å²) >= 11 is 0. The molecule has 4 nitrogen and oxygen atoms in total. The minimum absolute atomic E-state index is 0.0277. The summed E-state index contributed by atoms with van der Waals surface area (Å²) in [7, 11) is 0. The molecule has 1 heterocycles. The fraction of sp³-hybridized carbons (Fsp3) is 0.500. The Balaban J connectivity index is 1.84. The van der Waals surface area contributed by atoms with Gasteiger partial charge < -0.3 is 10.2 Å². The Hall–Kier alpha value is -1.84. The maximum absolute atomic E-state index is 12.7. The van der Waals surface area contributed by atoms with E-state index in [1.807, 2.05) is 31.2 Å². The van der Waals surface area contributed by atoms with Crippen LogP contribution in [0.2, 0.25) is 0 Å². The molecule has 1 aromatic carbocycles. The molecule has 0 bridgehead atoms. The molecule has 0 atom stereocenters. The molecule has 3 rings (SSSR count). The third-order valence-corrected chi connectivity index (χ3v) is 4.49. The molecule has 2 amide bonds. The molecule has 1 spiro atoms. The van der Waals surface area contributed by atoms with Crippen LogP contribution in [-0.2, 0) is 16.1 Å². The first-order chi connectivity index (χ1) is 9.61. The lowest BCUT2D eigenvalue weighted by Gasteiger charge is -2.39. The smallest absolute Gasteiger partial charge is 0.249 e. The van der Waals surface area contributed by atoms with Crippen molar-refractivity contribution in [1.82, 2.24) is 10.2 Å². The van der Waals surface area contributed by atoms with E-state index in [2.05, 4.69) is 5.32 Å². The second-order valence-corrected chi connectivity index (χ2v) is 5.93. The van der Waals surface area contributed by atoms with Crippen LogP contribution in [0.3, 0.4) is 0 Å². The van der Waals surface area contributed by atoms with Crippen molar-refractivity contribution >= 4 is 11.8 Å². The second-order valence-electron chi connectivity index (χ2n) is 5.93. The molecule has 1 saturated heterocycles. The molecular weight excluding hydrogens is 252 g/mol. The Bertz CT molecular complexity index is 547. The van der Waals surface area contributed by atoms with Crippen LogP contribution in [0.15, 0.2) is 24.3 Å². The number of aryl methyl sites for hydroxylation is 1. The first kappa shape index (κ1) is 13.2. The summed E-state index contributed by atoms with van der Waals surface area (Å²) in [4.78, 5) is 26.4. The molecule has 1 N–H and O–H groups in total. The van der Waals surface area contributed by atoms with Crippen LogP contribution in [0.5, 0.6) is 0 Å². The monoisotopic (exact) mass is 272 g/mol. The number of nitrogens with zero attached hydrogens (tertiary/aromatic N) is 1. The lowest BCUT2D eigenvalue weighted by atomic mass is 9.92. The first-order valence-electron chi connectivity index (χ1n) is 7.26. The summed E-state index contributed by atoms with van der Waals surface area (Å²) in [6.07, 6.45) is 3.60. The van der Waals surface area contributed by atoms with Crippen LogP contribution < -0.4 is 5.32 Å². The Morgan fingerprint density at radius 2 is 1.90 bits per heavy atom. The van der Waals surface area contributed by atoms with Gasteiger partial charge in [-0.25, -0.2) is 0 Å². The zero-order valence-corrected chi connectivity index (χ0v) is 11.8. The summed E-state index contributed by atoms with van der Waals surface area (Å²) in [5, 5.41) is 2.94. The molecule has 2 aliphatic rings. The van der Waals surface area contributed by atoms with Crippen molar-refractivity contribution in [3.05, 3.63) is 35.4 Å². The van der Waals surface area contributed by atoms with Crippen molar-refractivity contribution < 1.29 is 9.59 Å². The first-order valence-corrected chi connectivity index (χ1v) is 7.26. The normalized spacial score (nSPS) is 21.4. The van der Waals surface area contributed by atoms with Gasteiger partial charge in [-0.3, -0.25) is 9.59 Å². The standard InChI is InChI=1S/C16H20N2O2/c1-12-6-2-3-7-13(12)10-18-11-14(19)17-16(15(18)20)8-4-5-9-16/h2-3,6-7H,4-5,8-11H2,1H3,(H,17,19). The van der Waals surface area contributed by atoms with E-state index in [0.29, 0.717) is 6.54 Å². The van der Waals surface area contributed by atoms with Crippen molar-refractivity contribution in [2.45, 2.75) is 44.7 Å². The van der Waals surface area contributed by atoms with E-state index in [1.165, 1.54) is 0 Å². The van der Waals surface area contributed by atoms with Crippen molar-refractivity contribution in [3.8, 4) is 0 Å². The number of amides is 2. The largest absolute Gasteiger partial charge is 0.340 e. The van der Waals surface area contributed by atoms with Crippen LogP contribution >= 0.6 is 0 Å². The van der Waals surface area contributed by atoms with Gasteiger partial charge in [-0.2, -0.15) is 0 Å². The van der Waals surface area contributed by atoms with Gasteiger partial charge in [0.2, 0.25) is 11.8 Å². The van der Waals surface area contributed by atoms with Crippen LogP contribution in [0.1, 0.15) is 36.8 Å². The third-order valence-electron chi connectivity index (χ3n) is 4.49. The lowest BCUT2D eigenvalue weighted by Crippen LogP contribution is -2.65. The molecule has 0 aromatic heterocycles. The fourth-order valence-corrected chi connectivity index (χ4v) is 3.35. The van der Waals surface area contributed by atoms with E-state index in [4.69, 9.17) is 0 Å². The molecule has 1 saturated carbocycles. The summed E-state index contributed by atoms with van der Waals surface area (Å²) in [6.45, 7) is 2.74. The maximum Gasteiger partial charge on any atom is 0.249 e. The van der Waals surface area contributed by atoms with Gasteiger partial charge in [0.15, 0.2) is 0 Å². The zero-order valence-electron chi connectivity index (χ0n) is 11.8. The SMILES string of the molecule is Cc1ccccc1CN1CC(=O)NC2(CCCC2)C1=O. The highest BCUT2D eigenvalue weighted by Gasteiger charge is 2.48. The van der Waals surface area contributed by atoms with Gasteiger partial charge in [-0.05, 0) is 30.9 Å². The Morgan fingerprint density at radius 3 is 2.60 bits per heavy atom. The van der Waals surface area contributed by atoms with Crippen molar-refractivity contribution in [2.24, 2.45) is 0 Å². The summed E-state index contributed by atoms with van der Waals surface area (Å²) in [5.41, 5.74) is 1.66. The predicted octanol–water partition coefficient (Wildman–Crippen LogP) is 1.77. The van der Waals surface area contributed by atoms with E-state index < -0.39 is 5.54 Å². The molecule has 1 aromatic rings. The average molecular weight is 272 g/mol.